The van der Waals surface area contributed by atoms with Crippen molar-refractivity contribution in [2.75, 3.05) is 19.0 Å². The zero-order chi connectivity index (χ0) is 20.3. The molecule has 1 amide bonds. The summed E-state index contributed by atoms with van der Waals surface area (Å²) in [7, 11) is 1.49. The standard InChI is InChI=1S/C20H19Cl2NO4S/c1-3-27-20(25)17-13-5-4-6-15(13)28-19(17)23-16(24)8-7-11-9-12(21)10-14(22)18(11)26-2/h7-10H,3-6H2,1-2H3,(H,23,24). The van der Waals surface area contributed by atoms with Gasteiger partial charge in [-0.2, -0.15) is 0 Å². The second-order valence-electron chi connectivity index (χ2n) is 6.11. The zero-order valence-corrected chi connectivity index (χ0v) is 17.8. The summed E-state index contributed by atoms with van der Waals surface area (Å²) in [6, 6.07) is 3.22. The van der Waals surface area contributed by atoms with Gasteiger partial charge in [0.2, 0.25) is 5.91 Å². The molecule has 0 saturated heterocycles. The van der Waals surface area contributed by atoms with Crippen molar-refractivity contribution in [3.63, 3.8) is 0 Å². The van der Waals surface area contributed by atoms with Crippen molar-refractivity contribution in [2.45, 2.75) is 26.2 Å². The van der Waals surface area contributed by atoms with Crippen molar-refractivity contribution in [3.8, 4) is 5.75 Å². The average Bonchev–Trinajstić information content (AvgIpc) is 3.20. The topological polar surface area (TPSA) is 64.6 Å². The second-order valence-corrected chi connectivity index (χ2v) is 8.06. The van der Waals surface area contributed by atoms with E-state index in [-0.39, 0.29) is 12.5 Å². The van der Waals surface area contributed by atoms with Crippen LogP contribution in [0.15, 0.2) is 18.2 Å². The van der Waals surface area contributed by atoms with Gasteiger partial charge in [0.1, 0.15) is 10.8 Å². The predicted octanol–water partition coefficient (Wildman–Crippen LogP) is 5.38. The molecule has 1 aliphatic rings. The molecule has 0 saturated carbocycles. The third kappa shape index (κ3) is 4.35. The molecule has 0 radical (unpaired) electrons. The number of aryl methyl sites for hydroxylation is 1. The van der Waals surface area contributed by atoms with E-state index in [4.69, 9.17) is 32.7 Å². The lowest BCUT2D eigenvalue weighted by Crippen LogP contribution is -2.13. The summed E-state index contributed by atoms with van der Waals surface area (Å²) in [6.07, 6.45) is 5.67. The summed E-state index contributed by atoms with van der Waals surface area (Å²) in [5.41, 5.74) is 2.05. The molecule has 28 heavy (non-hydrogen) atoms. The van der Waals surface area contributed by atoms with Crippen molar-refractivity contribution in [1.29, 1.82) is 0 Å². The molecule has 3 rings (SSSR count). The number of amides is 1. The van der Waals surface area contributed by atoms with Crippen LogP contribution in [0.1, 0.15) is 39.7 Å². The van der Waals surface area contributed by atoms with Crippen LogP contribution in [0, 0.1) is 0 Å². The lowest BCUT2D eigenvalue weighted by atomic mass is 10.1. The molecule has 0 atom stereocenters. The largest absolute Gasteiger partial charge is 0.495 e. The van der Waals surface area contributed by atoms with Crippen molar-refractivity contribution in [2.24, 2.45) is 0 Å². The Bertz CT molecular complexity index is 952. The van der Waals surface area contributed by atoms with E-state index in [2.05, 4.69) is 5.32 Å². The van der Waals surface area contributed by atoms with E-state index >= 15 is 0 Å². The smallest absolute Gasteiger partial charge is 0.341 e. The summed E-state index contributed by atoms with van der Waals surface area (Å²) in [4.78, 5) is 26.0. The van der Waals surface area contributed by atoms with E-state index in [9.17, 15) is 9.59 Å². The number of nitrogens with one attached hydrogen (secondary N) is 1. The Hall–Kier alpha value is -2.02. The van der Waals surface area contributed by atoms with Gasteiger partial charge >= 0.3 is 5.97 Å². The molecule has 0 unspecified atom stereocenters. The summed E-state index contributed by atoms with van der Waals surface area (Å²) in [6.45, 7) is 2.04. The van der Waals surface area contributed by atoms with Gasteiger partial charge in [0.05, 0.1) is 24.3 Å². The molecular weight excluding hydrogens is 421 g/mol. The molecular formula is C20H19Cl2NO4S. The number of esters is 1. The van der Waals surface area contributed by atoms with Crippen LogP contribution in [-0.4, -0.2) is 25.6 Å². The molecule has 0 aliphatic heterocycles. The Balaban J connectivity index is 1.83. The van der Waals surface area contributed by atoms with Gasteiger partial charge in [-0.3, -0.25) is 4.79 Å². The molecule has 0 bridgehead atoms. The molecule has 1 aromatic heterocycles. The maximum Gasteiger partial charge on any atom is 0.341 e. The van der Waals surface area contributed by atoms with Gasteiger partial charge in [-0.25, -0.2) is 4.79 Å². The number of anilines is 1. The van der Waals surface area contributed by atoms with Gasteiger partial charge < -0.3 is 14.8 Å². The number of fused-ring (bicyclic) bond motifs is 1. The van der Waals surface area contributed by atoms with Crippen LogP contribution in [0.5, 0.6) is 5.75 Å². The quantitative estimate of drug-likeness (QED) is 0.484. The number of carbonyl (C=O) groups excluding carboxylic acids is 2. The minimum atomic E-state index is -0.399. The Morgan fingerprint density at radius 2 is 2.07 bits per heavy atom. The number of rotatable bonds is 6. The number of methoxy groups -OCH3 is 1. The second kappa shape index (κ2) is 8.99. The fraction of sp³-hybridized carbons (Fsp3) is 0.300. The molecule has 5 nitrogen and oxygen atoms in total. The fourth-order valence-corrected chi connectivity index (χ4v) is 5.02. The number of carbonyl (C=O) groups is 2. The lowest BCUT2D eigenvalue weighted by molar-refractivity contribution is -0.111. The summed E-state index contributed by atoms with van der Waals surface area (Å²) in [5.74, 6) is -0.342. The maximum absolute atomic E-state index is 12.5. The number of hydrogen-bond donors (Lipinski definition) is 1. The highest BCUT2D eigenvalue weighted by atomic mass is 35.5. The number of thiophene rings is 1. The molecule has 8 heteroatoms. The van der Waals surface area contributed by atoms with Crippen LogP contribution < -0.4 is 10.1 Å². The van der Waals surface area contributed by atoms with E-state index in [1.54, 1.807) is 25.1 Å². The highest BCUT2D eigenvalue weighted by Crippen LogP contribution is 2.39. The van der Waals surface area contributed by atoms with Crippen LogP contribution in [0.2, 0.25) is 10.0 Å². The zero-order valence-electron chi connectivity index (χ0n) is 15.4. The Morgan fingerprint density at radius 3 is 2.79 bits per heavy atom. The molecule has 1 aromatic carbocycles. The highest BCUT2D eigenvalue weighted by Gasteiger charge is 2.28. The van der Waals surface area contributed by atoms with Gasteiger partial charge in [-0.15, -0.1) is 11.3 Å². The van der Waals surface area contributed by atoms with Crippen LogP contribution in [0.25, 0.3) is 6.08 Å². The first kappa shape index (κ1) is 20.7. The molecule has 2 aromatic rings. The van der Waals surface area contributed by atoms with E-state index in [1.165, 1.54) is 24.5 Å². The van der Waals surface area contributed by atoms with Crippen LogP contribution in [0.3, 0.4) is 0 Å². The summed E-state index contributed by atoms with van der Waals surface area (Å²) >= 11 is 13.6. The summed E-state index contributed by atoms with van der Waals surface area (Å²) in [5, 5.41) is 4.11. The molecule has 1 N–H and O–H groups in total. The normalized spacial score (nSPS) is 12.9. The fourth-order valence-electron chi connectivity index (χ4n) is 3.15. The minimum absolute atomic E-state index is 0.284. The number of halogens is 2. The van der Waals surface area contributed by atoms with Gasteiger partial charge in [0.25, 0.3) is 0 Å². The Labute approximate surface area is 177 Å². The molecule has 0 fully saturated rings. The van der Waals surface area contributed by atoms with Crippen LogP contribution in [0.4, 0.5) is 5.00 Å². The molecule has 1 aliphatic carbocycles. The van der Waals surface area contributed by atoms with E-state index in [0.717, 1.165) is 29.7 Å². The lowest BCUT2D eigenvalue weighted by Gasteiger charge is -2.08. The molecule has 1 heterocycles. The van der Waals surface area contributed by atoms with Gasteiger partial charge in [0.15, 0.2) is 0 Å². The summed E-state index contributed by atoms with van der Waals surface area (Å²) < 4.78 is 10.4. The third-order valence-electron chi connectivity index (χ3n) is 4.29. The van der Waals surface area contributed by atoms with Crippen LogP contribution in [-0.2, 0) is 22.4 Å². The van der Waals surface area contributed by atoms with Crippen molar-refractivity contribution < 1.29 is 19.1 Å². The number of ether oxygens (including phenoxy) is 2. The van der Waals surface area contributed by atoms with E-state index < -0.39 is 5.97 Å². The highest BCUT2D eigenvalue weighted by molar-refractivity contribution is 7.17. The van der Waals surface area contributed by atoms with Crippen molar-refractivity contribution in [3.05, 3.63) is 49.8 Å². The molecule has 0 spiro atoms. The SMILES string of the molecule is CCOC(=O)c1c(NC(=O)C=Cc2cc(Cl)cc(Cl)c2OC)sc2c1CCC2. The molecule has 148 valence electrons. The van der Waals surface area contributed by atoms with E-state index in [0.29, 0.717) is 31.9 Å². The predicted molar refractivity (Wildman–Crippen MR) is 113 cm³/mol. The first-order valence-corrected chi connectivity index (χ1v) is 10.4. The first-order valence-electron chi connectivity index (χ1n) is 8.78. The van der Waals surface area contributed by atoms with Crippen molar-refractivity contribution in [1.82, 2.24) is 0 Å². The van der Waals surface area contributed by atoms with Gasteiger partial charge in [-0.05, 0) is 50.0 Å². The van der Waals surface area contributed by atoms with Crippen LogP contribution >= 0.6 is 34.5 Å². The maximum atomic E-state index is 12.5. The first-order chi connectivity index (χ1) is 13.4. The Kier molecular flexibility index (Phi) is 6.65. The monoisotopic (exact) mass is 439 g/mol. The van der Waals surface area contributed by atoms with Gasteiger partial charge in [0, 0.05) is 21.5 Å². The number of hydrogen-bond acceptors (Lipinski definition) is 5. The average molecular weight is 440 g/mol. The van der Waals surface area contributed by atoms with E-state index in [1.807, 2.05) is 0 Å². The van der Waals surface area contributed by atoms with Crippen molar-refractivity contribution >= 4 is 57.5 Å². The Morgan fingerprint density at radius 1 is 1.29 bits per heavy atom. The number of benzene rings is 1. The third-order valence-corrected chi connectivity index (χ3v) is 6.00. The minimum Gasteiger partial charge on any atom is -0.495 e. The van der Waals surface area contributed by atoms with Gasteiger partial charge in [-0.1, -0.05) is 23.2 Å².